The molecule has 3 heterocycles. The highest BCUT2D eigenvalue weighted by Gasteiger charge is 2.10. The van der Waals surface area contributed by atoms with Crippen LogP contribution in [-0.4, -0.2) is 27.1 Å². The first kappa shape index (κ1) is 21.8. The van der Waals surface area contributed by atoms with Crippen LogP contribution in [0.15, 0.2) is 72.6 Å². The van der Waals surface area contributed by atoms with Crippen LogP contribution in [0.2, 0.25) is 0 Å². The molecule has 31 heavy (non-hydrogen) atoms. The summed E-state index contributed by atoms with van der Waals surface area (Å²) >= 11 is 0. The average molecular weight is 412 g/mol. The minimum Gasteiger partial charge on any atom is -0.310 e. The second-order valence-electron chi connectivity index (χ2n) is 7.04. The number of anilines is 1. The van der Waals surface area contributed by atoms with Gasteiger partial charge in [-0.2, -0.15) is 0 Å². The molecule has 6 heteroatoms. The highest BCUT2D eigenvalue weighted by molar-refractivity contribution is 5.91. The molecule has 0 aliphatic carbocycles. The molecule has 0 aromatic carbocycles. The lowest BCUT2D eigenvalue weighted by molar-refractivity contribution is -0.115. The molecular weight excluding hydrogens is 386 g/mol. The first-order valence-corrected chi connectivity index (χ1v) is 9.96. The molecule has 0 radical (unpaired) electrons. The fourth-order valence-electron chi connectivity index (χ4n) is 3.17. The van der Waals surface area contributed by atoms with E-state index in [1.54, 1.807) is 36.9 Å². The lowest BCUT2D eigenvalue weighted by atomic mass is 10.0. The quantitative estimate of drug-likeness (QED) is 0.558. The topological polar surface area (TPSA) is 80.1 Å². The van der Waals surface area contributed by atoms with Crippen molar-refractivity contribution in [3.05, 3.63) is 90.0 Å². The SMILES string of the molecule is C=C/C=N\C(=C/C)c1ccc(NC(=O)Cc2cnc(-c3ccnc(C)c3)c(C)c2)nc1. The van der Waals surface area contributed by atoms with Crippen LogP contribution in [0, 0.1) is 13.8 Å². The molecule has 0 atom stereocenters. The molecule has 0 spiro atoms. The molecular formula is C25H25N5O. The van der Waals surface area contributed by atoms with Gasteiger partial charge in [0.25, 0.3) is 0 Å². The Kier molecular flexibility index (Phi) is 7.17. The van der Waals surface area contributed by atoms with Gasteiger partial charge in [-0.05, 0) is 56.2 Å². The molecule has 1 N–H and O–H groups in total. The standard InChI is InChI=1S/C25H25N5O/c1-5-10-27-22(6-2)21-7-8-23(28-16-21)30-24(31)14-19-12-17(3)25(29-15-19)20-9-11-26-18(4)13-20/h5-13,15-16H,1,14H2,2-4H3,(H,28,30,31)/b22-6-,27-10-. The first-order valence-electron chi connectivity index (χ1n) is 9.96. The van der Waals surface area contributed by atoms with Gasteiger partial charge in [0.1, 0.15) is 5.82 Å². The van der Waals surface area contributed by atoms with Crippen LogP contribution in [0.4, 0.5) is 5.82 Å². The Balaban J connectivity index is 1.66. The summed E-state index contributed by atoms with van der Waals surface area (Å²) in [4.78, 5) is 29.9. The van der Waals surface area contributed by atoms with Gasteiger partial charge >= 0.3 is 0 Å². The second-order valence-corrected chi connectivity index (χ2v) is 7.04. The Hall–Kier alpha value is -3.93. The monoisotopic (exact) mass is 411 g/mol. The largest absolute Gasteiger partial charge is 0.310 e. The number of hydrogen-bond donors (Lipinski definition) is 1. The van der Waals surface area contributed by atoms with Crippen molar-refractivity contribution in [3.8, 4) is 11.3 Å². The number of amides is 1. The number of aliphatic imine (C=N–C) groups is 1. The lowest BCUT2D eigenvalue weighted by Crippen LogP contribution is -2.15. The van der Waals surface area contributed by atoms with E-state index in [1.165, 1.54) is 0 Å². The van der Waals surface area contributed by atoms with Gasteiger partial charge in [-0.1, -0.05) is 24.8 Å². The van der Waals surface area contributed by atoms with Crippen molar-refractivity contribution in [2.45, 2.75) is 27.2 Å². The van der Waals surface area contributed by atoms with Crippen LogP contribution >= 0.6 is 0 Å². The zero-order valence-corrected chi connectivity index (χ0v) is 18.0. The van der Waals surface area contributed by atoms with Gasteiger partial charge in [-0.15, -0.1) is 0 Å². The predicted octanol–water partition coefficient (Wildman–Crippen LogP) is 4.95. The fraction of sp³-hybridized carbons (Fsp3) is 0.160. The smallest absolute Gasteiger partial charge is 0.230 e. The van der Waals surface area contributed by atoms with E-state index < -0.39 is 0 Å². The van der Waals surface area contributed by atoms with Crippen molar-refractivity contribution < 1.29 is 4.79 Å². The maximum atomic E-state index is 12.5. The Morgan fingerprint density at radius 2 is 1.97 bits per heavy atom. The molecule has 0 saturated carbocycles. The molecule has 1 amide bonds. The number of nitrogens with zero attached hydrogens (tertiary/aromatic N) is 4. The van der Waals surface area contributed by atoms with Crippen LogP contribution in [0.1, 0.15) is 29.3 Å². The molecule has 3 aromatic heterocycles. The van der Waals surface area contributed by atoms with Crippen LogP contribution in [0.5, 0.6) is 0 Å². The van der Waals surface area contributed by atoms with Gasteiger partial charge in [0.2, 0.25) is 5.91 Å². The third-order valence-electron chi connectivity index (χ3n) is 4.59. The molecule has 0 aliphatic heterocycles. The minimum atomic E-state index is -0.148. The van der Waals surface area contributed by atoms with Crippen LogP contribution in [0.3, 0.4) is 0 Å². The minimum absolute atomic E-state index is 0.148. The Morgan fingerprint density at radius 3 is 2.61 bits per heavy atom. The number of nitrogens with one attached hydrogen (secondary N) is 1. The summed E-state index contributed by atoms with van der Waals surface area (Å²) in [5.41, 5.74) is 6.36. The van der Waals surface area contributed by atoms with E-state index in [4.69, 9.17) is 0 Å². The van der Waals surface area contributed by atoms with E-state index in [1.807, 2.05) is 51.1 Å². The predicted molar refractivity (Wildman–Crippen MR) is 126 cm³/mol. The number of rotatable bonds is 7. The number of aromatic nitrogens is 3. The van der Waals surface area contributed by atoms with E-state index in [-0.39, 0.29) is 12.3 Å². The number of hydrogen-bond acceptors (Lipinski definition) is 5. The molecule has 0 unspecified atom stereocenters. The zero-order valence-electron chi connectivity index (χ0n) is 18.0. The summed E-state index contributed by atoms with van der Waals surface area (Å²) < 4.78 is 0. The molecule has 0 fully saturated rings. The summed E-state index contributed by atoms with van der Waals surface area (Å²) in [5, 5.41) is 2.83. The van der Waals surface area contributed by atoms with Crippen LogP contribution < -0.4 is 5.32 Å². The maximum absolute atomic E-state index is 12.5. The van der Waals surface area contributed by atoms with Crippen molar-refractivity contribution in [3.63, 3.8) is 0 Å². The summed E-state index contributed by atoms with van der Waals surface area (Å²) in [5.74, 6) is 0.343. The highest BCUT2D eigenvalue weighted by Crippen LogP contribution is 2.22. The number of pyridine rings is 3. The number of carbonyl (C=O) groups is 1. The van der Waals surface area contributed by atoms with Crippen LogP contribution in [-0.2, 0) is 11.2 Å². The fourth-order valence-corrected chi connectivity index (χ4v) is 3.17. The van der Waals surface area contributed by atoms with E-state index in [2.05, 4.69) is 31.8 Å². The molecule has 3 rings (SSSR count). The summed E-state index contributed by atoms with van der Waals surface area (Å²) in [6, 6.07) is 9.56. The molecule has 0 aliphatic rings. The van der Waals surface area contributed by atoms with Crippen molar-refractivity contribution in [2.75, 3.05) is 5.32 Å². The van der Waals surface area contributed by atoms with E-state index in [9.17, 15) is 4.79 Å². The van der Waals surface area contributed by atoms with Crippen molar-refractivity contribution in [1.82, 2.24) is 15.0 Å². The van der Waals surface area contributed by atoms with E-state index in [0.29, 0.717) is 5.82 Å². The van der Waals surface area contributed by atoms with Gasteiger partial charge in [0.05, 0.1) is 17.8 Å². The summed E-state index contributed by atoms with van der Waals surface area (Å²) in [6.45, 7) is 9.47. The molecule has 0 bridgehead atoms. The Bertz CT molecular complexity index is 1150. The van der Waals surface area contributed by atoms with Gasteiger partial charge in [-0.25, -0.2) is 4.98 Å². The second kappa shape index (κ2) is 10.2. The Labute approximate surface area is 182 Å². The maximum Gasteiger partial charge on any atom is 0.230 e. The van der Waals surface area contributed by atoms with Crippen molar-refractivity contribution >= 4 is 23.6 Å². The van der Waals surface area contributed by atoms with Crippen molar-refractivity contribution in [1.29, 1.82) is 0 Å². The van der Waals surface area contributed by atoms with Gasteiger partial charge in [0, 0.05) is 41.6 Å². The van der Waals surface area contributed by atoms with Crippen LogP contribution in [0.25, 0.3) is 17.0 Å². The number of aryl methyl sites for hydroxylation is 2. The normalized spacial score (nSPS) is 11.5. The summed E-state index contributed by atoms with van der Waals surface area (Å²) in [6.07, 6.45) is 10.6. The third kappa shape index (κ3) is 5.79. The highest BCUT2D eigenvalue weighted by atomic mass is 16.1. The molecule has 0 saturated heterocycles. The zero-order chi connectivity index (χ0) is 22.2. The number of allylic oxidation sites excluding steroid dienone is 2. The molecule has 156 valence electrons. The average Bonchev–Trinajstić information content (AvgIpc) is 2.75. The van der Waals surface area contributed by atoms with Gasteiger partial charge in [0.15, 0.2) is 0 Å². The van der Waals surface area contributed by atoms with Gasteiger partial charge < -0.3 is 5.32 Å². The Morgan fingerprint density at radius 1 is 1.13 bits per heavy atom. The first-order chi connectivity index (χ1) is 15.0. The van der Waals surface area contributed by atoms with Crippen molar-refractivity contribution in [2.24, 2.45) is 4.99 Å². The molecule has 6 nitrogen and oxygen atoms in total. The lowest BCUT2D eigenvalue weighted by Gasteiger charge is -2.09. The number of carbonyl (C=O) groups excluding carboxylic acids is 1. The van der Waals surface area contributed by atoms with E-state index in [0.717, 1.165) is 39.3 Å². The van der Waals surface area contributed by atoms with E-state index >= 15 is 0 Å². The third-order valence-corrected chi connectivity index (χ3v) is 4.59. The van der Waals surface area contributed by atoms with Gasteiger partial charge in [-0.3, -0.25) is 19.8 Å². The molecule has 3 aromatic rings. The summed E-state index contributed by atoms with van der Waals surface area (Å²) in [7, 11) is 0.